The second kappa shape index (κ2) is 8.96. The van der Waals surface area contributed by atoms with Gasteiger partial charge < -0.3 is 10.1 Å². The Morgan fingerprint density at radius 3 is 2.50 bits per heavy atom. The van der Waals surface area contributed by atoms with Crippen molar-refractivity contribution in [2.24, 2.45) is 0 Å². The Hall–Kier alpha value is -3.39. The van der Waals surface area contributed by atoms with E-state index in [9.17, 15) is 13.2 Å². The van der Waals surface area contributed by atoms with Gasteiger partial charge in [0.05, 0.1) is 29.6 Å². The van der Waals surface area contributed by atoms with E-state index in [0.29, 0.717) is 28.3 Å². The largest absolute Gasteiger partial charge is 0.497 e. The van der Waals surface area contributed by atoms with Gasteiger partial charge in [0.1, 0.15) is 12.3 Å². The van der Waals surface area contributed by atoms with E-state index < -0.39 is 22.5 Å². The summed E-state index contributed by atoms with van der Waals surface area (Å²) in [4.78, 5) is 16.8. The predicted octanol–water partition coefficient (Wildman–Crippen LogP) is 3.54. The first-order valence-electron chi connectivity index (χ1n) is 9.26. The lowest BCUT2D eigenvalue weighted by molar-refractivity contribution is -0.114. The number of anilines is 2. The maximum atomic E-state index is 13.6. The molecule has 3 rings (SSSR count). The molecule has 1 N–H and O–H groups in total. The maximum Gasteiger partial charge on any atom is 0.265 e. The number of methoxy groups -OCH3 is 1. The lowest BCUT2D eigenvalue weighted by Gasteiger charge is -2.26. The van der Waals surface area contributed by atoms with Gasteiger partial charge in [0.15, 0.2) is 0 Å². The molecule has 0 radical (unpaired) electrons. The van der Waals surface area contributed by atoms with Crippen molar-refractivity contribution in [2.75, 3.05) is 23.3 Å². The van der Waals surface area contributed by atoms with E-state index in [1.54, 1.807) is 68.6 Å². The number of carbonyl (C=O) groups is 1. The first kappa shape index (κ1) is 21.3. The van der Waals surface area contributed by atoms with E-state index in [1.807, 2.05) is 0 Å². The zero-order valence-corrected chi connectivity index (χ0v) is 17.8. The monoisotopic (exact) mass is 425 g/mol. The van der Waals surface area contributed by atoms with Crippen molar-refractivity contribution in [1.82, 2.24) is 4.98 Å². The SMILES string of the molecule is COc1ccc(C)c(N(CC(=O)Nc2cccnc2)S(=O)(=O)c2ccccc2C)c1. The van der Waals surface area contributed by atoms with E-state index in [1.165, 1.54) is 19.4 Å². The van der Waals surface area contributed by atoms with Crippen molar-refractivity contribution in [3.63, 3.8) is 0 Å². The molecule has 1 aromatic heterocycles. The molecule has 0 bridgehead atoms. The molecule has 0 aliphatic carbocycles. The average Bonchev–Trinajstić information content (AvgIpc) is 2.73. The fourth-order valence-electron chi connectivity index (χ4n) is 3.02. The Bertz CT molecular complexity index is 1150. The zero-order valence-electron chi connectivity index (χ0n) is 17.0. The van der Waals surface area contributed by atoms with Gasteiger partial charge in [-0.15, -0.1) is 0 Å². The number of carbonyl (C=O) groups excluding carboxylic acids is 1. The molecule has 1 amide bonds. The number of sulfonamides is 1. The van der Waals surface area contributed by atoms with Crippen LogP contribution in [0.4, 0.5) is 11.4 Å². The molecule has 2 aromatic carbocycles. The standard InChI is InChI=1S/C22H23N3O4S/c1-16-10-11-19(29-3)13-20(16)25(15-22(26)24-18-8-6-12-23-14-18)30(27,28)21-9-5-4-7-17(21)2/h4-14H,15H2,1-3H3,(H,24,26). The second-order valence-electron chi connectivity index (χ2n) is 6.72. The molecule has 0 atom stereocenters. The number of aromatic nitrogens is 1. The Kier molecular flexibility index (Phi) is 6.37. The van der Waals surface area contributed by atoms with E-state index in [0.717, 1.165) is 4.31 Å². The second-order valence-corrected chi connectivity index (χ2v) is 8.55. The minimum atomic E-state index is -4.02. The van der Waals surface area contributed by atoms with Crippen LogP contribution in [0.1, 0.15) is 11.1 Å². The van der Waals surface area contributed by atoms with Crippen molar-refractivity contribution in [3.8, 4) is 5.75 Å². The van der Waals surface area contributed by atoms with E-state index in [4.69, 9.17) is 4.74 Å². The fourth-order valence-corrected chi connectivity index (χ4v) is 4.72. The maximum absolute atomic E-state index is 13.6. The molecule has 0 aliphatic heterocycles. The average molecular weight is 426 g/mol. The summed E-state index contributed by atoms with van der Waals surface area (Å²) >= 11 is 0. The van der Waals surface area contributed by atoms with Crippen molar-refractivity contribution in [1.29, 1.82) is 0 Å². The lowest BCUT2D eigenvalue weighted by Crippen LogP contribution is -2.38. The lowest BCUT2D eigenvalue weighted by atomic mass is 10.2. The first-order valence-corrected chi connectivity index (χ1v) is 10.7. The van der Waals surface area contributed by atoms with Crippen LogP contribution in [-0.4, -0.2) is 33.0 Å². The number of pyridine rings is 1. The van der Waals surface area contributed by atoms with Crippen LogP contribution in [0, 0.1) is 13.8 Å². The van der Waals surface area contributed by atoms with Crippen LogP contribution in [0.25, 0.3) is 0 Å². The molecule has 3 aromatic rings. The van der Waals surface area contributed by atoms with Crippen molar-refractivity contribution < 1.29 is 17.9 Å². The summed E-state index contributed by atoms with van der Waals surface area (Å²) in [5, 5.41) is 2.69. The minimum absolute atomic E-state index is 0.140. The summed E-state index contributed by atoms with van der Waals surface area (Å²) in [7, 11) is -2.51. The summed E-state index contributed by atoms with van der Waals surface area (Å²) in [5.74, 6) is 0.00984. The minimum Gasteiger partial charge on any atom is -0.497 e. The molecule has 0 saturated heterocycles. The smallest absolute Gasteiger partial charge is 0.265 e. The number of ether oxygens (including phenoxy) is 1. The van der Waals surface area contributed by atoms with Crippen molar-refractivity contribution in [2.45, 2.75) is 18.7 Å². The molecular formula is C22H23N3O4S. The van der Waals surface area contributed by atoms with Crippen LogP contribution >= 0.6 is 0 Å². The topological polar surface area (TPSA) is 88.6 Å². The highest BCUT2D eigenvalue weighted by atomic mass is 32.2. The van der Waals surface area contributed by atoms with Gasteiger partial charge in [-0.2, -0.15) is 0 Å². The van der Waals surface area contributed by atoms with Crippen molar-refractivity contribution >= 4 is 27.3 Å². The Morgan fingerprint density at radius 2 is 1.83 bits per heavy atom. The van der Waals surface area contributed by atoms with Crippen LogP contribution in [0.15, 0.2) is 71.9 Å². The van der Waals surface area contributed by atoms with E-state index in [-0.39, 0.29) is 4.90 Å². The Balaban J connectivity index is 2.05. The quantitative estimate of drug-likeness (QED) is 0.625. The molecule has 156 valence electrons. The first-order chi connectivity index (χ1) is 14.3. The number of nitrogens with one attached hydrogen (secondary N) is 1. The summed E-state index contributed by atoms with van der Waals surface area (Å²) in [6.07, 6.45) is 3.08. The van der Waals surface area contributed by atoms with E-state index >= 15 is 0 Å². The van der Waals surface area contributed by atoms with Gasteiger partial charge in [-0.25, -0.2) is 8.42 Å². The number of hydrogen-bond donors (Lipinski definition) is 1. The van der Waals surface area contributed by atoms with Gasteiger partial charge >= 0.3 is 0 Å². The molecule has 7 nitrogen and oxygen atoms in total. The number of aryl methyl sites for hydroxylation is 2. The van der Waals surface area contributed by atoms with Crippen LogP contribution in [0.5, 0.6) is 5.75 Å². The van der Waals surface area contributed by atoms with Crippen molar-refractivity contribution in [3.05, 3.63) is 78.1 Å². The molecule has 0 fully saturated rings. The molecule has 0 saturated carbocycles. The third-order valence-electron chi connectivity index (χ3n) is 4.58. The predicted molar refractivity (Wildman–Crippen MR) is 116 cm³/mol. The summed E-state index contributed by atoms with van der Waals surface area (Å²) in [6, 6.07) is 15.2. The molecule has 1 heterocycles. The third-order valence-corrected chi connectivity index (χ3v) is 6.50. The van der Waals surface area contributed by atoms with Gasteiger partial charge in [-0.1, -0.05) is 24.3 Å². The Labute approximate surface area is 176 Å². The van der Waals surface area contributed by atoms with E-state index in [2.05, 4.69) is 10.3 Å². The summed E-state index contributed by atoms with van der Waals surface area (Å²) in [6.45, 7) is 3.10. The molecule has 30 heavy (non-hydrogen) atoms. The molecule has 0 unspecified atom stereocenters. The highest BCUT2D eigenvalue weighted by Gasteiger charge is 2.29. The molecule has 0 aliphatic rings. The Morgan fingerprint density at radius 1 is 1.07 bits per heavy atom. The summed E-state index contributed by atoms with van der Waals surface area (Å²) < 4.78 is 33.6. The van der Waals surface area contributed by atoms with Gasteiger partial charge in [0.25, 0.3) is 10.0 Å². The zero-order chi connectivity index (χ0) is 21.7. The normalized spacial score (nSPS) is 11.0. The highest BCUT2D eigenvalue weighted by Crippen LogP contribution is 2.31. The van der Waals surface area contributed by atoms with Crippen LogP contribution in [0.3, 0.4) is 0 Å². The summed E-state index contributed by atoms with van der Waals surface area (Å²) in [5.41, 5.74) is 2.15. The number of rotatable bonds is 7. The van der Waals surface area contributed by atoms with Gasteiger partial charge in [0, 0.05) is 12.3 Å². The molecule has 8 heteroatoms. The fraction of sp³-hybridized carbons (Fsp3) is 0.182. The van der Waals surface area contributed by atoms with Gasteiger partial charge in [-0.3, -0.25) is 14.1 Å². The number of nitrogens with zero attached hydrogens (tertiary/aromatic N) is 2. The van der Waals surface area contributed by atoms with Crippen LogP contribution in [0.2, 0.25) is 0 Å². The van der Waals surface area contributed by atoms with Crippen LogP contribution in [-0.2, 0) is 14.8 Å². The highest BCUT2D eigenvalue weighted by molar-refractivity contribution is 7.93. The van der Waals surface area contributed by atoms with Gasteiger partial charge in [0.2, 0.25) is 5.91 Å². The number of amides is 1. The third kappa shape index (κ3) is 4.60. The number of hydrogen-bond acceptors (Lipinski definition) is 5. The molecule has 0 spiro atoms. The van der Waals surface area contributed by atoms with Gasteiger partial charge in [-0.05, 0) is 49.2 Å². The number of benzene rings is 2. The molecular weight excluding hydrogens is 402 g/mol. The van der Waals surface area contributed by atoms with Crippen LogP contribution < -0.4 is 14.4 Å².